The molecule has 3 aromatic rings. The molecule has 0 spiro atoms. The first kappa shape index (κ1) is 16.0. The van der Waals surface area contributed by atoms with Crippen molar-refractivity contribution in [2.24, 2.45) is 0 Å². The molecule has 0 saturated heterocycles. The van der Waals surface area contributed by atoms with E-state index in [-0.39, 0.29) is 18.4 Å². The molecule has 26 heavy (non-hydrogen) atoms. The molecule has 7 nitrogen and oxygen atoms in total. The zero-order valence-electron chi connectivity index (χ0n) is 14.2. The first-order valence-electron chi connectivity index (χ1n) is 8.24. The number of carbonyl (C=O) groups excluding carboxylic acids is 2. The second-order valence-electron chi connectivity index (χ2n) is 6.18. The molecule has 0 atom stereocenters. The first-order valence-corrected chi connectivity index (χ1v) is 8.24. The highest BCUT2D eigenvalue weighted by Crippen LogP contribution is 2.23. The predicted molar refractivity (Wildman–Crippen MR) is 98.9 cm³/mol. The minimum Gasteiger partial charge on any atom is -0.359 e. The van der Waals surface area contributed by atoms with Crippen LogP contribution in [-0.2, 0) is 11.3 Å². The summed E-state index contributed by atoms with van der Waals surface area (Å²) in [6, 6.07) is 13.4. The summed E-state index contributed by atoms with van der Waals surface area (Å²) in [6.45, 7) is 0.562. The summed E-state index contributed by atoms with van der Waals surface area (Å²) in [5, 5.41) is 6.69. The van der Waals surface area contributed by atoms with E-state index in [1.165, 1.54) is 6.20 Å². The van der Waals surface area contributed by atoms with Crippen LogP contribution >= 0.6 is 0 Å². The number of pyridine rings is 2. The van der Waals surface area contributed by atoms with Gasteiger partial charge in [-0.15, -0.1) is 0 Å². The number of hydrogen-bond acceptors (Lipinski definition) is 5. The summed E-state index contributed by atoms with van der Waals surface area (Å²) in [5.41, 5.74) is 2.64. The number of anilines is 2. The van der Waals surface area contributed by atoms with Crippen LogP contribution in [-0.4, -0.2) is 40.3 Å². The number of nitrogens with zero attached hydrogens (tertiary/aromatic N) is 3. The highest BCUT2D eigenvalue weighted by Gasteiger charge is 2.19. The third-order valence-corrected chi connectivity index (χ3v) is 4.23. The van der Waals surface area contributed by atoms with Crippen LogP contribution in [0.2, 0.25) is 0 Å². The number of nitrogens with one attached hydrogen (secondary N) is 2. The molecule has 0 radical (unpaired) electrons. The van der Waals surface area contributed by atoms with Gasteiger partial charge in [-0.25, -0.2) is 4.98 Å². The van der Waals surface area contributed by atoms with Crippen LogP contribution < -0.4 is 10.6 Å². The minimum atomic E-state index is -0.185. The van der Waals surface area contributed by atoms with E-state index in [1.54, 1.807) is 18.0 Å². The van der Waals surface area contributed by atoms with Gasteiger partial charge in [-0.05, 0) is 18.2 Å². The number of rotatable bonds is 3. The summed E-state index contributed by atoms with van der Waals surface area (Å²) in [5.74, 6) is 0.229. The maximum absolute atomic E-state index is 12.7. The lowest BCUT2D eigenvalue weighted by molar-refractivity contribution is -0.114. The third-order valence-electron chi connectivity index (χ3n) is 4.23. The number of fused-ring (bicyclic) bond motifs is 2. The summed E-state index contributed by atoms with van der Waals surface area (Å²) in [4.78, 5) is 34.6. The van der Waals surface area contributed by atoms with Gasteiger partial charge in [0.1, 0.15) is 5.82 Å². The average Bonchev–Trinajstić information content (AvgIpc) is 2.66. The van der Waals surface area contributed by atoms with Gasteiger partial charge >= 0.3 is 0 Å². The zero-order valence-corrected chi connectivity index (χ0v) is 14.2. The Morgan fingerprint density at radius 3 is 2.96 bits per heavy atom. The smallest absolute Gasteiger partial charge is 0.255 e. The van der Waals surface area contributed by atoms with E-state index in [0.29, 0.717) is 23.6 Å². The van der Waals surface area contributed by atoms with Crippen LogP contribution in [0.3, 0.4) is 0 Å². The number of hydrogen-bond donors (Lipinski definition) is 2. The quantitative estimate of drug-likeness (QED) is 0.759. The maximum Gasteiger partial charge on any atom is 0.255 e. The molecule has 2 aromatic heterocycles. The van der Waals surface area contributed by atoms with Crippen LogP contribution in [0.25, 0.3) is 10.9 Å². The molecule has 4 rings (SSSR count). The average molecular weight is 347 g/mol. The van der Waals surface area contributed by atoms with Gasteiger partial charge in [-0.3, -0.25) is 14.6 Å². The molecular formula is C19H17N5O2. The fourth-order valence-electron chi connectivity index (χ4n) is 2.91. The summed E-state index contributed by atoms with van der Waals surface area (Å²) in [7, 11) is 1.72. The topological polar surface area (TPSA) is 87.2 Å². The van der Waals surface area contributed by atoms with Gasteiger partial charge in [-0.2, -0.15) is 0 Å². The zero-order chi connectivity index (χ0) is 18.1. The van der Waals surface area contributed by atoms with Crippen molar-refractivity contribution in [3.63, 3.8) is 0 Å². The van der Waals surface area contributed by atoms with Gasteiger partial charge < -0.3 is 15.5 Å². The van der Waals surface area contributed by atoms with Crippen molar-refractivity contribution in [3.8, 4) is 0 Å². The maximum atomic E-state index is 12.7. The summed E-state index contributed by atoms with van der Waals surface area (Å²) >= 11 is 0. The van der Waals surface area contributed by atoms with Crippen molar-refractivity contribution in [1.29, 1.82) is 0 Å². The van der Waals surface area contributed by atoms with E-state index in [2.05, 4.69) is 20.6 Å². The Labute approximate surface area is 150 Å². The van der Waals surface area contributed by atoms with Gasteiger partial charge in [0.2, 0.25) is 5.91 Å². The highest BCUT2D eigenvalue weighted by atomic mass is 16.2. The Bertz CT molecular complexity index is 1020. The second-order valence-corrected chi connectivity index (χ2v) is 6.18. The number of aromatic nitrogens is 2. The molecule has 0 saturated carbocycles. The first-order chi connectivity index (χ1) is 12.6. The van der Waals surface area contributed by atoms with Crippen LogP contribution in [0.5, 0.6) is 0 Å². The van der Waals surface area contributed by atoms with Crippen molar-refractivity contribution < 1.29 is 9.59 Å². The van der Waals surface area contributed by atoms with Crippen LogP contribution in [0, 0.1) is 0 Å². The molecular weight excluding hydrogens is 330 g/mol. The molecule has 0 bridgehead atoms. The Kier molecular flexibility index (Phi) is 3.96. The van der Waals surface area contributed by atoms with Crippen molar-refractivity contribution >= 4 is 34.2 Å². The van der Waals surface area contributed by atoms with E-state index in [1.807, 2.05) is 36.4 Å². The molecule has 0 fully saturated rings. The van der Waals surface area contributed by atoms with Gasteiger partial charge in [-0.1, -0.05) is 24.3 Å². The fourth-order valence-corrected chi connectivity index (χ4v) is 2.91. The van der Waals surface area contributed by atoms with E-state index in [4.69, 9.17) is 0 Å². The van der Waals surface area contributed by atoms with Crippen molar-refractivity contribution in [2.75, 3.05) is 24.2 Å². The Morgan fingerprint density at radius 2 is 2.08 bits per heavy atom. The van der Waals surface area contributed by atoms with Crippen molar-refractivity contribution in [1.82, 2.24) is 14.9 Å². The van der Waals surface area contributed by atoms with Gasteiger partial charge in [0.05, 0.1) is 35.6 Å². The van der Waals surface area contributed by atoms with Gasteiger partial charge in [0, 0.05) is 18.6 Å². The fraction of sp³-hybridized carbons (Fsp3) is 0.158. The number of benzene rings is 1. The molecule has 1 aliphatic rings. The highest BCUT2D eigenvalue weighted by molar-refractivity contribution is 6.02. The van der Waals surface area contributed by atoms with Crippen molar-refractivity contribution in [2.45, 2.75) is 6.54 Å². The molecule has 3 heterocycles. The standard InChI is InChI=1S/C19H17N5O2/c1-24(11-14-7-6-12-4-2-3-5-15(12)22-14)19(26)13-8-16-18(20-9-13)21-10-17(25)23-16/h2-9H,10-11H2,1H3,(H,20,21)(H,23,25). The van der Waals surface area contributed by atoms with E-state index >= 15 is 0 Å². The Balaban J connectivity index is 1.53. The van der Waals surface area contributed by atoms with Crippen LogP contribution in [0.4, 0.5) is 11.5 Å². The molecule has 0 unspecified atom stereocenters. The van der Waals surface area contributed by atoms with Crippen LogP contribution in [0.15, 0.2) is 48.7 Å². The van der Waals surface area contributed by atoms with E-state index in [0.717, 1.165) is 16.6 Å². The molecule has 2 amide bonds. The third kappa shape index (κ3) is 3.06. The molecule has 130 valence electrons. The second kappa shape index (κ2) is 6.44. The molecule has 1 aliphatic heterocycles. The number of para-hydroxylation sites is 1. The summed E-state index contributed by atoms with van der Waals surface area (Å²) < 4.78 is 0. The SMILES string of the molecule is CN(Cc1ccc2ccccc2n1)C(=O)c1cnc2c(c1)NC(=O)CN2. The lowest BCUT2D eigenvalue weighted by Crippen LogP contribution is -2.30. The predicted octanol–water partition coefficient (Wildman–Crippen LogP) is 2.27. The van der Waals surface area contributed by atoms with E-state index < -0.39 is 0 Å². The van der Waals surface area contributed by atoms with Gasteiger partial charge in [0.25, 0.3) is 5.91 Å². The van der Waals surface area contributed by atoms with E-state index in [9.17, 15) is 9.59 Å². The Morgan fingerprint density at radius 1 is 1.23 bits per heavy atom. The lowest BCUT2D eigenvalue weighted by atomic mass is 10.2. The minimum absolute atomic E-state index is 0.155. The summed E-state index contributed by atoms with van der Waals surface area (Å²) in [6.07, 6.45) is 1.51. The normalized spacial score (nSPS) is 12.9. The molecule has 2 N–H and O–H groups in total. The molecule has 7 heteroatoms. The Hall–Kier alpha value is -3.48. The molecule has 1 aromatic carbocycles. The molecule has 0 aliphatic carbocycles. The largest absolute Gasteiger partial charge is 0.359 e. The van der Waals surface area contributed by atoms with Crippen molar-refractivity contribution in [3.05, 3.63) is 59.9 Å². The number of carbonyl (C=O) groups is 2. The monoisotopic (exact) mass is 347 g/mol. The van der Waals surface area contributed by atoms with Crippen LogP contribution in [0.1, 0.15) is 16.1 Å². The number of amides is 2. The lowest BCUT2D eigenvalue weighted by Gasteiger charge is -2.20. The van der Waals surface area contributed by atoms with Gasteiger partial charge in [0.15, 0.2) is 0 Å².